The highest BCUT2D eigenvalue weighted by molar-refractivity contribution is 5.98. The van der Waals surface area contributed by atoms with Gasteiger partial charge in [-0.2, -0.15) is 0 Å². The van der Waals surface area contributed by atoms with E-state index in [-0.39, 0.29) is 5.91 Å². The minimum Gasteiger partial charge on any atom is -0.480 e. The quantitative estimate of drug-likeness (QED) is 0.846. The summed E-state index contributed by atoms with van der Waals surface area (Å²) in [6.45, 7) is 2.12. The van der Waals surface area contributed by atoms with E-state index in [2.05, 4.69) is 0 Å². The summed E-state index contributed by atoms with van der Waals surface area (Å²) < 4.78 is 0. The molecule has 1 aliphatic heterocycles. The molecule has 1 atom stereocenters. The highest BCUT2D eigenvalue weighted by Gasteiger charge is 2.45. The zero-order chi connectivity index (χ0) is 12.5. The number of likely N-dealkylation sites (tertiary alicyclic amines) is 1. The molecule has 17 heavy (non-hydrogen) atoms. The van der Waals surface area contributed by atoms with E-state index in [4.69, 9.17) is 0 Å². The van der Waals surface area contributed by atoms with Crippen molar-refractivity contribution in [2.45, 2.75) is 25.3 Å². The number of hydrogen-bond acceptors (Lipinski definition) is 2. The Balaban J connectivity index is 2.29. The van der Waals surface area contributed by atoms with Gasteiger partial charge in [-0.1, -0.05) is 18.2 Å². The number of aliphatic carboxylic acids is 1. The second-order valence-electron chi connectivity index (χ2n) is 4.51. The molecule has 1 N–H and O–H groups in total. The maximum atomic E-state index is 12.2. The second kappa shape index (κ2) is 4.20. The average molecular weight is 233 g/mol. The molecule has 90 valence electrons. The Bertz CT molecular complexity index is 443. The lowest BCUT2D eigenvalue weighted by Crippen LogP contribution is -2.50. The van der Waals surface area contributed by atoms with Gasteiger partial charge in [0.2, 0.25) is 0 Å². The normalized spacial score (nSPS) is 23.7. The highest BCUT2D eigenvalue weighted by Crippen LogP contribution is 2.30. The van der Waals surface area contributed by atoms with Crippen LogP contribution in [0.1, 0.15) is 30.1 Å². The minimum atomic E-state index is -1.06. The fourth-order valence-corrected chi connectivity index (χ4v) is 2.25. The van der Waals surface area contributed by atoms with Crippen LogP contribution >= 0.6 is 0 Å². The second-order valence-corrected chi connectivity index (χ2v) is 4.51. The first-order valence-corrected chi connectivity index (χ1v) is 5.66. The molecule has 1 aromatic carbocycles. The monoisotopic (exact) mass is 233 g/mol. The number of carbonyl (C=O) groups is 2. The SMILES string of the molecule is C[C@@]1(C(=O)O)CCCN1C(=O)c1ccccc1. The third-order valence-corrected chi connectivity index (χ3v) is 3.37. The van der Waals surface area contributed by atoms with Crippen LogP contribution in [0, 0.1) is 0 Å². The van der Waals surface area contributed by atoms with Gasteiger partial charge in [-0.15, -0.1) is 0 Å². The summed E-state index contributed by atoms with van der Waals surface area (Å²) in [7, 11) is 0. The third kappa shape index (κ3) is 1.90. The minimum absolute atomic E-state index is 0.201. The van der Waals surface area contributed by atoms with Crippen LogP contribution in [0.5, 0.6) is 0 Å². The first kappa shape index (κ1) is 11.6. The van der Waals surface area contributed by atoms with Crippen LogP contribution in [0.3, 0.4) is 0 Å². The van der Waals surface area contributed by atoms with Crippen LogP contribution in [0.2, 0.25) is 0 Å². The Kier molecular flexibility index (Phi) is 2.88. The summed E-state index contributed by atoms with van der Waals surface area (Å²) in [6.07, 6.45) is 1.25. The Labute approximate surface area is 99.9 Å². The molecule has 2 rings (SSSR count). The van der Waals surface area contributed by atoms with E-state index in [9.17, 15) is 14.7 Å². The van der Waals surface area contributed by atoms with Crippen LogP contribution < -0.4 is 0 Å². The molecule has 1 aliphatic rings. The van der Waals surface area contributed by atoms with E-state index in [1.54, 1.807) is 31.2 Å². The number of rotatable bonds is 2. The molecule has 1 amide bonds. The standard InChI is InChI=1S/C13H15NO3/c1-13(12(16)17)8-5-9-14(13)11(15)10-6-3-2-4-7-10/h2-4,6-7H,5,8-9H2,1H3,(H,16,17)/t13-/m0/s1. The molecule has 0 radical (unpaired) electrons. The Morgan fingerprint density at radius 2 is 1.94 bits per heavy atom. The molecule has 1 aromatic rings. The third-order valence-electron chi connectivity index (χ3n) is 3.37. The Morgan fingerprint density at radius 1 is 1.29 bits per heavy atom. The maximum Gasteiger partial charge on any atom is 0.329 e. The number of amides is 1. The van der Waals surface area contributed by atoms with Gasteiger partial charge < -0.3 is 10.0 Å². The van der Waals surface area contributed by atoms with Crippen molar-refractivity contribution in [2.24, 2.45) is 0 Å². The van der Waals surface area contributed by atoms with Crippen LogP contribution in [0.25, 0.3) is 0 Å². The van der Waals surface area contributed by atoms with Crippen molar-refractivity contribution in [3.8, 4) is 0 Å². The van der Waals surface area contributed by atoms with Crippen molar-refractivity contribution >= 4 is 11.9 Å². The van der Waals surface area contributed by atoms with E-state index >= 15 is 0 Å². The molecule has 0 aliphatic carbocycles. The van der Waals surface area contributed by atoms with Crippen molar-refractivity contribution < 1.29 is 14.7 Å². The predicted molar refractivity (Wildman–Crippen MR) is 62.8 cm³/mol. The Hall–Kier alpha value is -1.84. The van der Waals surface area contributed by atoms with Crippen LogP contribution in [-0.4, -0.2) is 34.0 Å². The van der Waals surface area contributed by atoms with Gasteiger partial charge in [0.25, 0.3) is 5.91 Å². The zero-order valence-electron chi connectivity index (χ0n) is 9.72. The summed E-state index contributed by atoms with van der Waals surface area (Å²) in [5.74, 6) is -1.13. The maximum absolute atomic E-state index is 12.2. The molecule has 0 saturated carbocycles. The van der Waals surface area contributed by atoms with Gasteiger partial charge in [0.15, 0.2) is 0 Å². The topological polar surface area (TPSA) is 57.6 Å². The van der Waals surface area contributed by atoms with Gasteiger partial charge in [0.1, 0.15) is 5.54 Å². The zero-order valence-corrected chi connectivity index (χ0v) is 9.72. The number of carboxylic acids is 1. The number of benzene rings is 1. The van der Waals surface area contributed by atoms with Crippen LogP contribution in [0.4, 0.5) is 0 Å². The van der Waals surface area contributed by atoms with E-state index in [0.717, 1.165) is 6.42 Å². The number of carbonyl (C=O) groups excluding carboxylic acids is 1. The van der Waals surface area contributed by atoms with Gasteiger partial charge in [-0.05, 0) is 31.9 Å². The Morgan fingerprint density at radius 3 is 2.53 bits per heavy atom. The van der Waals surface area contributed by atoms with E-state index in [1.165, 1.54) is 4.90 Å². The fraction of sp³-hybridized carbons (Fsp3) is 0.385. The first-order chi connectivity index (χ1) is 8.05. The van der Waals surface area contributed by atoms with E-state index < -0.39 is 11.5 Å². The fourth-order valence-electron chi connectivity index (χ4n) is 2.25. The summed E-state index contributed by atoms with van der Waals surface area (Å²) >= 11 is 0. The van der Waals surface area contributed by atoms with Crippen molar-refractivity contribution in [1.29, 1.82) is 0 Å². The molecule has 0 spiro atoms. The number of carboxylic acid groups (broad SMARTS) is 1. The summed E-state index contributed by atoms with van der Waals surface area (Å²) in [5.41, 5.74) is -0.519. The number of hydrogen-bond donors (Lipinski definition) is 1. The molecule has 1 fully saturated rings. The van der Waals surface area contributed by atoms with Crippen LogP contribution in [-0.2, 0) is 4.79 Å². The van der Waals surface area contributed by atoms with Gasteiger partial charge in [-0.3, -0.25) is 4.79 Å². The van der Waals surface area contributed by atoms with Gasteiger partial charge in [0.05, 0.1) is 0 Å². The molecule has 0 aromatic heterocycles. The molecular weight excluding hydrogens is 218 g/mol. The van der Waals surface area contributed by atoms with E-state index in [0.29, 0.717) is 18.5 Å². The molecule has 0 unspecified atom stereocenters. The van der Waals surface area contributed by atoms with Crippen molar-refractivity contribution in [1.82, 2.24) is 4.90 Å². The van der Waals surface area contributed by atoms with Crippen LogP contribution in [0.15, 0.2) is 30.3 Å². The largest absolute Gasteiger partial charge is 0.480 e. The lowest BCUT2D eigenvalue weighted by atomic mass is 9.98. The molecule has 4 heteroatoms. The number of nitrogens with zero attached hydrogens (tertiary/aromatic N) is 1. The van der Waals surface area contributed by atoms with Crippen molar-refractivity contribution in [2.75, 3.05) is 6.54 Å². The average Bonchev–Trinajstić information content (AvgIpc) is 2.73. The first-order valence-electron chi connectivity index (χ1n) is 5.66. The van der Waals surface area contributed by atoms with E-state index in [1.807, 2.05) is 6.07 Å². The summed E-state index contributed by atoms with van der Waals surface area (Å²) in [6, 6.07) is 8.81. The summed E-state index contributed by atoms with van der Waals surface area (Å²) in [4.78, 5) is 25.0. The predicted octanol–water partition coefficient (Wildman–Crippen LogP) is 1.77. The highest BCUT2D eigenvalue weighted by atomic mass is 16.4. The molecular formula is C13H15NO3. The molecule has 0 bridgehead atoms. The molecule has 1 saturated heterocycles. The van der Waals surface area contributed by atoms with Crippen molar-refractivity contribution in [3.63, 3.8) is 0 Å². The molecule has 1 heterocycles. The van der Waals surface area contributed by atoms with Crippen molar-refractivity contribution in [3.05, 3.63) is 35.9 Å². The lowest BCUT2D eigenvalue weighted by molar-refractivity contribution is -0.147. The van der Waals surface area contributed by atoms with Gasteiger partial charge in [0, 0.05) is 12.1 Å². The van der Waals surface area contributed by atoms with Gasteiger partial charge >= 0.3 is 5.97 Å². The van der Waals surface area contributed by atoms with Gasteiger partial charge in [-0.25, -0.2) is 4.79 Å². The molecule has 4 nitrogen and oxygen atoms in total. The summed E-state index contributed by atoms with van der Waals surface area (Å²) in [5, 5.41) is 9.24. The smallest absolute Gasteiger partial charge is 0.329 e. The lowest BCUT2D eigenvalue weighted by Gasteiger charge is -2.31.